The van der Waals surface area contributed by atoms with Crippen molar-refractivity contribution in [1.29, 1.82) is 0 Å². The van der Waals surface area contributed by atoms with Crippen LogP contribution < -0.4 is 0 Å². The van der Waals surface area contributed by atoms with Crippen molar-refractivity contribution >= 4 is 131 Å². The van der Waals surface area contributed by atoms with Gasteiger partial charge in [-0.15, -0.1) is 77.6 Å². The summed E-state index contributed by atoms with van der Waals surface area (Å²) in [4.78, 5) is 0. The third kappa shape index (κ3) is 4.54. The first kappa shape index (κ1) is 18.7. The Morgan fingerprint density at radius 1 is 0.882 bits per heavy atom. The Balaban J connectivity index is 2.86. The van der Waals surface area contributed by atoms with Gasteiger partial charge in [0.15, 0.2) is 5.94 Å². The Bertz CT molecular complexity index is 281. The molecule has 0 nitrogen and oxygen atoms in total. The second-order valence-electron chi connectivity index (χ2n) is 4.26. The minimum atomic E-state index is -3.13. The van der Waals surface area contributed by atoms with Crippen molar-refractivity contribution in [3.05, 3.63) is 0 Å². The molecular weight excluding hydrogens is 488 g/mol. The molecule has 1 fully saturated rings. The normalized spacial score (nSPS) is 30.4. The fourth-order valence-corrected chi connectivity index (χ4v) is 88.9. The zero-order chi connectivity index (χ0) is 13.5. The lowest BCUT2D eigenvalue weighted by Gasteiger charge is -2.35. The van der Waals surface area contributed by atoms with Gasteiger partial charge in [0, 0.05) is 18.1 Å². The highest BCUT2D eigenvalue weighted by atomic mass is 35.9. The fraction of sp³-hybridized carbons (Fsp3) is 1.00. The van der Waals surface area contributed by atoms with E-state index in [2.05, 4.69) is 0 Å². The Morgan fingerprint density at radius 3 is 1.65 bits per heavy atom. The van der Waals surface area contributed by atoms with Gasteiger partial charge < -0.3 is 0 Å². The highest BCUT2D eigenvalue weighted by Crippen LogP contribution is 2.47. The third-order valence-corrected chi connectivity index (χ3v) is 97.6. The first-order valence-corrected chi connectivity index (χ1v) is 30.1. The van der Waals surface area contributed by atoms with Crippen LogP contribution in [0.25, 0.3) is 0 Å². The molecule has 0 aromatic rings. The summed E-state index contributed by atoms with van der Waals surface area (Å²) in [5.74, 6) is -1.87. The molecule has 0 aromatic carbocycles. The van der Waals surface area contributed by atoms with Crippen LogP contribution >= 0.6 is 88.6 Å². The van der Waals surface area contributed by atoms with Crippen LogP contribution in [0, 0.1) is 0 Å². The van der Waals surface area contributed by atoms with Crippen LogP contribution in [-0.2, 0) is 0 Å². The molecule has 0 atom stereocenters. The molecule has 0 aliphatic carbocycles. The molecule has 17 heavy (non-hydrogen) atoms. The van der Waals surface area contributed by atoms with Crippen molar-refractivity contribution in [2.75, 3.05) is 0 Å². The molecule has 0 amide bonds. The molecule has 1 heterocycles. The molecular formula is C3H10Cl8Si6. The summed E-state index contributed by atoms with van der Waals surface area (Å²) in [6.07, 6.45) is -5.57. The molecule has 1 saturated heterocycles. The van der Waals surface area contributed by atoms with Crippen LogP contribution in [0.2, 0.25) is 17.8 Å². The molecule has 0 N–H and O–H groups in total. The van der Waals surface area contributed by atoms with E-state index in [0.717, 1.165) is 0 Å². The Labute approximate surface area is 146 Å². The van der Waals surface area contributed by atoms with Crippen molar-refractivity contribution in [1.82, 2.24) is 0 Å². The van der Waals surface area contributed by atoms with Crippen molar-refractivity contribution in [2.24, 2.45) is 0 Å². The fourth-order valence-electron chi connectivity index (χ4n) is 1.84. The molecule has 1 aliphatic heterocycles. The SMILES string of the molecule is Cl[Si](Cl)(Cl)[Si](Cl)(Cl)C[Si](Cl)(Cl)[Si]1(Cl)[SiH2]CC[SiH2]1. The van der Waals surface area contributed by atoms with Crippen molar-refractivity contribution in [2.45, 2.75) is 17.8 Å². The summed E-state index contributed by atoms with van der Waals surface area (Å²) < 4.78 is 0. The largest absolute Gasteiger partial charge is 0.358 e. The van der Waals surface area contributed by atoms with Crippen LogP contribution in [0.5, 0.6) is 0 Å². The van der Waals surface area contributed by atoms with E-state index in [0.29, 0.717) is 5.67 Å². The molecule has 0 spiro atoms. The van der Waals surface area contributed by atoms with Crippen molar-refractivity contribution in [3.8, 4) is 0 Å². The van der Waals surface area contributed by atoms with E-state index >= 15 is 0 Å². The summed E-state index contributed by atoms with van der Waals surface area (Å²) in [5.41, 5.74) is -2.79. The molecule has 0 bridgehead atoms. The highest BCUT2D eigenvalue weighted by Gasteiger charge is 2.63. The minimum Gasteiger partial charge on any atom is -0.176 e. The van der Waals surface area contributed by atoms with Gasteiger partial charge in [-0.25, -0.2) is 0 Å². The minimum absolute atomic E-state index is 0.301. The predicted octanol–water partition coefficient (Wildman–Crippen LogP) is 3.54. The molecule has 102 valence electrons. The van der Waals surface area contributed by atoms with Gasteiger partial charge in [-0.05, 0) is 5.67 Å². The lowest BCUT2D eigenvalue weighted by Crippen LogP contribution is -2.63. The van der Waals surface area contributed by atoms with Crippen LogP contribution in [0.1, 0.15) is 0 Å². The summed E-state index contributed by atoms with van der Waals surface area (Å²) >= 11 is 50.3. The maximum absolute atomic E-state index is 6.77. The zero-order valence-corrected chi connectivity index (χ0v) is 21.4. The van der Waals surface area contributed by atoms with Gasteiger partial charge >= 0.3 is 5.52 Å². The lowest BCUT2D eigenvalue weighted by molar-refractivity contribution is 1.46. The van der Waals surface area contributed by atoms with Gasteiger partial charge in [-0.2, -0.15) is 11.1 Å². The van der Waals surface area contributed by atoms with Crippen LogP contribution in [0.4, 0.5) is 0 Å². The Morgan fingerprint density at radius 2 is 1.29 bits per heavy atom. The number of hydrogen-bond donors (Lipinski definition) is 0. The van der Waals surface area contributed by atoms with Gasteiger partial charge in [-0.1, -0.05) is 12.1 Å². The first-order valence-electron chi connectivity index (χ1n) is 4.93. The van der Waals surface area contributed by atoms with Crippen LogP contribution in [0.15, 0.2) is 0 Å². The maximum atomic E-state index is 6.77. The van der Waals surface area contributed by atoms with E-state index < -0.39 is 23.9 Å². The van der Waals surface area contributed by atoms with E-state index in [4.69, 9.17) is 88.6 Å². The second kappa shape index (κ2) is 6.39. The quantitative estimate of drug-likeness (QED) is 0.411. The first-order chi connectivity index (χ1) is 7.41. The Hall–Kier alpha value is 3.62. The van der Waals surface area contributed by atoms with Gasteiger partial charge in [0.05, 0.1) is 0 Å². The second-order valence-corrected chi connectivity index (χ2v) is 69.8. The van der Waals surface area contributed by atoms with E-state index in [-0.39, 0.29) is 18.1 Å². The zero-order valence-electron chi connectivity index (χ0n) is 8.56. The molecule has 0 saturated carbocycles. The lowest BCUT2D eigenvalue weighted by atomic mass is 11.0. The van der Waals surface area contributed by atoms with Crippen molar-refractivity contribution < 1.29 is 0 Å². The number of rotatable bonds is 4. The summed E-state index contributed by atoms with van der Waals surface area (Å²) in [6.45, 7) is 0. The maximum Gasteiger partial charge on any atom is 0.358 e. The monoisotopic (exact) mass is 494 g/mol. The topological polar surface area (TPSA) is 0 Å². The average Bonchev–Trinajstić information content (AvgIpc) is 2.49. The van der Waals surface area contributed by atoms with E-state index in [1.165, 1.54) is 12.1 Å². The highest BCUT2D eigenvalue weighted by molar-refractivity contribution is 8.09. The molecule has 0 unspecified atom stereocenters. The summed E-state index contributed by atoms with van der Waals surface area (Å²) in [6, 6.07) is 2.56. The van der Waals surface area contributed by atoms with Gasteiger partial charge in [0.25, 0.3) is 6.21 Å². The van der Waals surface area contributed by atoms with E-state index in [1.54, 1.807) is 0 Å². The van der Waals surface area contributed by atoms with Crippen LogP contribution in [0.3, 0.4) is 0 Å². The smallest absolute Gasteiger partial charge is 0.176 e. The summed E-state index contributed by atoms with van der Waals surface area (Å²) in [5, 5.41) is 0. The average molecular weight is 498 g/mol. The third-order valence-electron chi connectivity index (χ3n) is 2.91. The van der Waals surface area contributed by atoms with Gasteiger partial charge in [-0.3, -0.25) is 0 Å². The van der Waals surface area contributed by atoms with Gasteiger partial charge in [0.1, 0.15) is 0 Å². The number of hydrogen-bond acceptors (Lipinski definition) is 0. The van der Waals surface area contributed by atoms with E-state index in [1.807, 2.05) is 0 Å². The molecule has 0 radical (unpaired) electrons. The summed E-state index contributed by atoms with van der Waals surface area (Å²) in [7, 11) is -0.602. The molecule has 1 rings (SSSR count). The van der Waals surface area contributed by atoms with Gasteiger partial charge in [0.2, 0.25) is 6.21 Å². The molecule has 14 heteroatoms. The number of halogens is 8. The molecule has 0 aromatic heterocycles. The van der Waals surface area contributed by atoms with E-state index in [9.17, 15) is 0 Å². The van der Waals surface area contributed by atoms with Crippen molar-refractivity contribution in [3.63, 3.8) is 0 Å². The predicted molar refractivity (Wildman–Crippen MR) is 101 cm³/mol. The Kier molecular flexibility index (Phi) is 7.02. The standard InChI is InChI=1S/C3H10Cl8Si6/c4-14(5,16(8,9)10)3-15(6,7)17(11)12-1-2-13-17/h1-3,12-13H2. The van der Waals surface area contributed by atoms with Crippen LogP contribution in [-0.4, -0.2) is 42.0 Å². The molecule has 1 aliphatic rings.